The fraction of sp³-hybridized carbons (Fsp3) is 0.0800. The van der Waals surface area contributed by atoms with E-state index in [0.717, 1.165) is 22.6 Å². The summed E-state index contributed by atoms with van der Waals surface area (Å²) in [5.41, 5.74) is 1.18. The smallest absolute Gasteiger partial charge is 0.335 e. The van der Waals surface area contributed by atoms with E-state index in [-0.39, 0.29) is 24.7 Å². The summed E-state index contributed by atoms with van der Waals surface area (Å²) in [6, 6.07) is 16.2. The van der Waals surface area contributed by atoms with E-state index in [4.69, 9.17) is 14.2 Å². The van der Waals surface area contributed by atoms with Crippen LogP contribution in [0, 0.1) is 5.82 Å². The van der Waals surface area contributed by atoms with Crippen molar-refractivity contribution in [1.82, 2.24) is 5.32 Å². The Morgan fingerprint density at radius 2 is 1.74 bits per heavy atom. The predicted molar refractivity (Wildman–Crippen MR) is 119 cm³/mol. The summed E-state index contributed by atoms with van der Waals surface area (Å²) in [6.45, 7) is 0.376. The zero-order valence-corrected chi connectivity index (χ0v) is 17.6. The molecule has 3 aromatic rings. The summed E-state index contributed by atoms with van der Waals surface area (Å²) in [6.07, 6.45) is 1.36. The van der Waals surface area contributed by atoms with Crippen molar-refractivity contribution in [2.75, 3.05) is 11.7 Å². The number of carbonyl (C=O) groups excluding carboxylic acids is 3. The van der Waals surface area contributed by atoms with Gasteiger partial charge in [0.05, 0.1) is 5.69 Å². The number of nitrogens with zero attached hydrogens (tertiary/aromatic N) is 1. The van der Waals surface area contributed by atoms with Crippen molar-refractivity contribution in [3.63, 3.8) is 0 Å². The number of amides is 4. The van der Waals surface area contributed by atoms with E-state index in [9.17, 15) is 18.8 Å². The average molecular weight is 460 g/mol. The Balaban J connectivity index is 1.41. The van der Waals surface area contributed by atoms with Gasteiger partial charge in [0.25, 0.3) is 11.8 Å². The molecule has 9 heteroatoms. The van der Waals surface area contributed by atoms with Gasteiger partial charge in [0.15, 0.2) is 11.5 Å². The third-order valence-corrected chi connectivity index (χ3v) is 5.24. The first kappa shape index (κ1) is 21.2. The lowest BCUT2D eigenvalue weighted by atomic mass is 10.1. The molecule has 8 nitrogen and oxygen atoms in total. The number of imide groups is 2. The van der Waals surface area contributed by atoms with Gasteiger partial charge in [-0.25, -0.2) is 14.1 Å². The van der Waals surface area contributed by atoms with Crippen LogP contribution in [0.1, 0.15) is 11.1 Å². The minimum atomic E-state index is -0.911. The van der Waals surface area contributed by atoms with Crippen molar-refractivity contribution in [3.05, 3.63) is 89.2 Å². The lowest BCUT2D eigenvalue weighted by Crippen LogP contribution is -2.54. The molecule has 170 valence electrons. The van der Waals surface area contributed by atoms with Crippen LogP contribution in [0.3, 0.4) is 0 Å². The highest BCUT2D eigenvalue weighted by atomic mass is 19.1. The van der Waals surface area contributed by atoms with Gasteiger partial charge in [0.1, 0.15) is 23.7 Å². The number of hydrogen-bond acceptors (Lipinski definition) is 6. The largest absolute Gasteiger partial charge is 0.488 e. The Hall–Kier alpha value is -4.66. The third kappa shape index (κ3) is 4.06. The van der Waals surface area contributed by atoms with Crippen LogP contribution in [0.25, 0.3) is 6.08 Å². The minimum absolute atomic E-state index is 0.134. The number of fused-ring (bicyclic) bond motifs is 1. The number of hydrogen-bond donors (Lipinski definition) is 1. The molecule has 0 radical (unpaired) electrons. The van der Waals surface area contributed by atoms with Gasteiger partial charge in [-0.3, -0.25) is 14.9 Å². The number of nitrogens with one attached hydrogen (secondary N) is 1. The van der Waals surface area contributed by atoms with Crippen molar-refractivity contribution < 1.29 is 33.0 Å². The van der Waals surface area contributed by atoms with Crippen molar-refractivity contribution in [2.24, 2.45) is 0 Å². The molecular weight excluding hydrogens is 443 g/mol. The summed E-state index contributed by atoms with van der Waals surface area (Å²) in [5, 5.41) is 2.14. The molecule has 0 atom stereocenters. The van der Waals surface area contributed by atoms with Crippen LogP contribution in [-0.2, 0) is 16.2 Å². The molecule has 0 bridgehead atoms. The molecule has 3 aromatic carbocycles. The Kier molecular flexibility index (Phi) is 5.43. The molecule has 2 heterocycles. The maximum atomic E-state index is 13.3. The molecule has 2 aliphatic heterocycles. The average Bonchev–Trinajstić information content (AvgIpc) is 3.30. The number of ether oxygens (including phenoxy) is 3. The SMILES string of the molecule is O=C1NC(=O)N(c2ccc(F)cc2)C(=O)/C1=C/c1ccccc1OCc1ccc2c(c1)OCO2. The molecule has 0 aliphatic carbocycles. The highest BCUT2D eigenvalue weighted by Crippen LogP contribution is 2.33. The number of barbiturate groups is 1. The van der Waals surface area contributed by atoms with Crippen LogP contribution >= 0.6 is 0 Å². The Morgan fingerprint density at radius 3 is 2.56 bits per heavy atom. The van der Waals surface area contributed by atoms with Crippen molar-refractivity contribution in [3.8, 4) is 17.2 Å². The van der Waals surface area contributed by atoms with E-state index < -0.39 is 23.7 Å². The molecule has 4 amide bonds. The highest BCUT2D eigenvalue weighted by molar-refractivity contribution is 6.39. The van der Waals surface area contributed by atoms with E-state index in [0.29, 0.717) is 22.8 Å². The molecule has 0 saturated carbocycles. The second-order valence-corrected chi connectivity index (χ2v) is 7.45. The quantitative estimate of drug-likeness (QED) is 0.460. The molecular formula is C25H17FN2O6. The Bertz CT molecular complexity index is 1340. The molecule has 0 aromatic heterocycles. The van der Waals surface area contributed by atoms with E-state index >= 15 is 0 Å². The zero-order valence-electron chi connectivity index (χ0n) is 17.6. The van der Waals surface area contributed by atoms with Gasteiger partial charge >= 0.3 is 6.03 Å². The number of benzene rings is 3. The van der Waals surface area contributed by atoms with Crippen molar-refractivity contribution in [2.45, 2.75) is 6.61 Å². The summed E-state index contributed by atoms with van der Waals surface area (Å²) >= 11 is 0. The van der Waals surface area contributed by atoms with E-state index in [1.165, 1.54) is 18.2 Å². The highest BCUT2D eigenvalue weighted by Gasteiger charge is 2.37. The van der Waals surface area contributed by atoms with Crippen LogP contribution < -0.4 is 24.4 Å². The minimum Gasteiger partial charge on any atom is -0.488 e. The fourth-order valence-corrected chi connectivity index (χ4v) is 3.56. The fourth-order valence-electron chi connectivity index (χ4n) is 3.56. The molecule has 1 N–H and O–H groups in total. The number of rotatable bonds is 5. The van der Waals surface area contributed by atoms with E-state index in [2.05, 4.69) is 5.32 Å². The maximum Gasteiger partial charge on any atom is 0.335 e. The number of halogens is 1. The van der Waals surface area contributed by atoms with E-state index in [1.54, 1.807) is 30.3 Å². The molecule has 0 spiro atoms. The Labute approximate surface area is 193 Å². The second-order valence-electron chi connectivity index (χ2n) is 7.45. The van der Waals surface area contributed by atoms with Crippen LogP contribution in [-0.4, -0.2) is 24.6 Å². The summed E-state index contributed by atoms with van der Waals surface area (Å²) in [7, 11) is 0. The topological polar surface area (TPSA) is 94.2 Å². The van der Waals surface area contributed by atoms with Gasteiger partial charge in [-0.2, -0.15) is 0 Å². The van der Waals surface area contributed by atoms with Crippen LogP contribution in [0.15, 0.2) is 72.3 Å². The normalized spacial score (nSPS) is 16.1. The van der Waals surface area contributed by atoms with Crippen LogP contribution in [0.5, 0.6) is 17.2 Å². The maximum absolute atomic E-state index is 13.3. The number of urea groups is 1. The molecule has 1 saturated heterocycles. The Morgan fingerprint density at radius 1 is 0.971 bits per heavy atom. The summed E-state index contributed by atoms with van der Waals surface area (Å²) in [5.74, 6) is -0.458. The summed E-state index contributed by atoms with van der Waals surface area (Å²) in [4.78, 5) is 38.6. The van der Waals surface area contributed by atoms with Gasteiger partial charge in [-0.05, 0) is 54.1 Å². The number of para-hydroxylation sites is 1. The zero-order chi connectivity index (χ0) is 23.7. The lowest BCUT2D eigenvalue weighted by Gasteiger charge is -2.26. The van der Waals surface area contributed by atoms with Gasteiger partial charge in [0.2, 0.25) is 6.79 Å². The van der Waals surface area contributed by atoms with Crippen molar-refractivity contribution in [1.29, 1.82) is 0 Å². The second kappa shape index (κ2) is 8.70. The van der Waals surface area contributed by atoms with Gasteiger partial charge < -0.3 is 14.2 Å². The molecule has 1 fully saturated rings. The first-order valence-corrected chi connectivity index (χ1v) is 10.3. The van der Waals surface area contributed by atoms with Crippen LogP contribution in [0.4, 0.5) is 14.9 Å². The van der Waals surface area contributed by atoms with Gasteiger partial charge in [0, 0.05) is 5.56 Å². The standard InChI is InChI=1S/C25H17FN2O6/c26-17-6-8-18(9-7-17)28-24(30)19(23(29)27-25(28)31)12-16-3-1-2-4-20(16)32-13-15-5-10-21-22(11-15)34-14-33-21/h1-12H,13-14H2,(H,27,29,31)/b19-12+. The first-order chi connectivity index (χ1) is 16.5. The van der Waals surface area contributed by atoms with Crippen LogP contribution in [0.2, 0.25) is 0 Å². The van der Waals surface area contributed by atoms with Crippen molar-refractivity contribution >= 4 is 29.6 Å². The van der Waals surface area contributed by atoms with Gasteiger partial charge in [-0.15, -0.1) is 0 Å². The number of carbonyl (C=O) groups is 3. The van der Waals surface area contributed by atoms with Gasteiger partial charge in [-0.1, -0.05) is 24.3 Å². The lowest BCUT2D eigenvalue weighted by molar-refractivity contribution is -0.122. The van der Waals surface area contributed by atoms with E-state index in [1.807, 2.05) is 12.1 Å². The molecule has 0 unspecified atom stereocenters. The number of anilines is 1. The first-order valence-electron chi connectivity index (χ1n) is 10.3. The monoisotopic (exact) mass is 460 g/mol. The predicted octanol–water partition coefficient (Wildman–Crippen LogP) is 3.80. The third-order valence-electron chi connectivity index (χ3n) is 5.24. The molecule has 2 aliphatic rings. The molecule has 34 heavy (non-hydrogen) atoms. The molecule has 5 rings (SSSR count). The summed E-state index contributed by atoms with van der Waals surface area (Å²) < 4.78 is 29.9.